The largest absolute Gasteiger partial charge is 0.497 e. The lowest BCUT2D eigenvalue weighted by Gasteiger charge is -2.39. The lowest BCUT2D eigenvalue weighted by Crippen LogP contribution is -2.46. The van der Waals surface area contributed by atoms with E-state index in [0.717, 1.165) is 17.1 Å². The van der Waals surface area contributed by atoms with E-state index in [1.807, 2.05) is 32.0 Å². The highest BCUT2D eigenvalue weighted by atomic mass is 32.2. The van der Waals surface area contributed by atoms with Crippen LogP contribution in [0.15, 0.2) is 18.2 Å². The zero-order valence-electron chi connectivity index (χ0n) is 17.0. The third kappa shape index (κ3) is 4.43. The zero-order chi connectivity index (χ0) is 20.5. The predicted octanol–water partition coefficient (Wildman–Crippen LogP) is 2.48. The summed E-state index contributed by atoms with van der Waals surface area (Å²) in [6.07, 6.45) is 1.74. The molecule has 2 heterocycles. The molecule has 1 saturated heterocycles. The summed E-state index contributed by atoms with van der Waals surface area (Å²) in [5, 5.41) is 3.18. The Labute approximate surface area is 167 Å². The van der Waals surface area contributed by atoms with Crippen molar-refractivity contribution in [2.24, 2.45) is 5.92 Å². The van der Waals surface area contributed by atoms with E-state index in [2.05, 4.69) is 5.32 Å². The molecule has 1 fully saturated rings. The number of benzene rings is 1. The third-order valence-electron chi connectivity index (χ3n) is 5.57. The first-order valence-electron chi connectivity index (χ1n) is 9.80. The van der Waals surface area contributed by atoms with Crippen LogP contribution in [0.3, 0.4) is 0 Å². The second-order valence-electron chi connectivity index (χ2n) is 8.10. The topological polar surface area (TPSA) is 84.9 Å². The van der Waals surface area contributed by atoms with Crippen molar-refractivity contribution in [1.29, 1.82) is 0 Å². The van der Waals surface area contributed by atoms with Gasteiger partial charge in [-0.1, -0.05) is 0 Å². The number of piperidine rings is 1. The molecule has 0 radical (unpaired) electrons. The molecule has 7 nitrogen and oxygen atoms in total. The van der Waals surface area contributed by atoms with Crippen molar-refractivity contribution in [3.05, 3.63) is 23.8 Å². The Bertz CT molecular complexity index is 829. The van der Waals surface area contributed by atoms with Crippen molar-refractivity contribution >= 4 is 15.9 Å². The van der Waals surface area contributed by atoms with E-state index in [4.69, 9.17) is 9.47 Å². The zero-order valence-corrected chi connectivity index (χ0v) is 17.8. The number of nitrogens with zero attached hydrogens (tertiary/aromatic N) is 1. The molecular formula is C20H30N2O5S. The molecule has 1 amide bonds. The summed E-state index contributed by atoms with van der Waals surface area (Å²) in [6.45, 7) is 6.46. The highest BCUT2D eigenvalue weighted by molar-refractivity contribution is 7.89. The minimum atomic E-state index is -3.19. The maximum atomic E-state index is 12.9. The van der Waals surface area contributed by atoms with Crippen LogP contribution in [-0.2, 0) is 14.8 Å². The standard InChI is InChI=1S/C20H30N2O5S/c1-5-28(24,25)22-10-8-14(9-11-22)19(23)21-17-13-20(2,3)27-18-7-6-15(26-4)12-16(17)18/h6-7,12,14,17H,5,8-11,13H2,1-4H3,(H,21,23)/t17-/m1/s1. The fraction of sp³-hybridized carbons (Fsp3) is 0.650. The molecule has 0 aliphatic carbocycles. The summed E-state index contributed by atoms with van der Waals surface area (Å²) in [7, 11) is -1.58. The predicted molar refractivity (Wildman–Crippen MR) is 107 cm³/mol. The Morgan fingerprint density at radius 2 is 2.00 bits per heavy atom. The molecule has 0 bridgehead atoms. The SMILES string of the molecule is CCS(=O)(=O)N1CCC(C(=O)N[C@@H]2CC(C)(C)Oc3ccc(OC)cc32)CC1. The van der Waals surface area contributed by atoms with E-state index in [9.17, 15) is 13.2 Å². The van der Waals surface area contributed by atoms with Crippen molar-refractivity contribution in [3.63, 3.8) is 0 Å². The van der Waals surface area contributed by atoms with Crippen molar-refractivity contribution in [3.8, 4) is 11.5 Å². The molecule has 2 aliphatic heterocycles. The van der Waals surface area contributed by atoms with Gasteiger partial charge in [0.25, 0.3) is 0 Å². The fourth-order valence-electron chi connectivity index (χ4n) is 3.96. The van der Waals surface area contributed by atoms with Crippen LogP contribution in [0.4, 0.5) is 0 Å². The number of nitrogens with one attached hydrogen (secondary N) is 1. The molecule has 8 heteroatoms. The number of rotatable bonds is 5. The van der Waals surface area contributed by atoms with Crippen LogP contribution in [0, 0.1) is 5.92 Å². The van der Waals surface area contributed by atoms with Gasteiger partial charge in [0.15, 0.2) is 0 Å². The summed E-state index contributed by atoms with van der Waals surface area (Å²) in [6, 6.07) is 5.47. The molecule has 1 aromatic rings. The summed E-state index contributed by atoms with van der Waals surface area (Å²) in [5.41, 5.74) is 0.524. The highest BCUT2D eigenvalue weighted by Gasteiger charge is 2.37. The molecule has 0 aromatic heterocycles. The molecule has 156 valence electrons. The van der Waals surface area contributed by atoms with Gasteiger partial charge in [0, 0.05) is 31.0 Å². The normalized spacial score (nSPS) is 22.8. The Hall–Kier alpha value is -1.80. The summed E-state index contributed by atoms with van der Waals surface area (Å²) in [5.74, 6) is 1.37. The van der Waals surface area contributed by atoms with Crippen molar-refractivity contribution < 1.29 is 22.7 Å². The van der Waals surface area contributed by atoms with Gasteiger partial charge >= 0.3 is 0 Å². The quantitative estimate of drug-likeness (QED) is 0.806. The van der Waals surface area contributed by atoms with Gasteiger partial charge in [-0.25, -0.2) is 12.7 Å². The maximum Gasteiger partial charge on any atom is 0.223 e. The number of ether oxygens (including phenoxy) is 2. The second-order valence-corrected chi connectivity index (χ2v) is 10.4. The van der Waals surface area contributed by atoms with Crippen LogP contribution in [0.25, 0.3) is 0 Å². The molecule has 2 aliphatic rings. The van der Waals surface area contributed by atoms with Crippen LogP contribution < -0.4 is 14.8 Å². The number of hydrogen-bond acceptors (Lipinski definition) is 5. The number of fused-ring (bicyclic) bond motifs is 1. The minimum absolute atomic E-state index is 0.0231. The number of carbonyl (C=O) groups excluding carboxylic acids is 1. The average molecular weight is 411 g/mol. The van der Waals surface area contributed by atoms with Crippen molar-refractivity contribution in [1.82, 2.24) is 9.62 Å². The summed E-state index contributed by atoms with van der Waals surface area (Å²) >= 11 is 0. The van der Waals surface area contributed by atoms with E-state index in [1.165, 1.54) is 4.31 Å². The molecule has 0 saturated carbocycles. The first-order chi connectivity index (χ1) is 13.1. The minimum Gasteiger partial charge on any atom is -0.497 e. The Morgan fingerprint density at radius 3 is 2.61 bits per heavy atom. The fourth-order valence-corrected chi connectivity index (χ4v) is 5.09. The molecule has 1 N–H and O–H groups in total. The van der Waals surface area contributed by atoms with Crippen LogP contribution in [0.2, 0.25) is 0 Å². The number of methoxy groups -OCH3 is 1. The molecule has 28 heavy (non-hydrogen) atoms. The molecule has 1 atom stereocenters. The van der Waals surface area contributed by atoms with Gasteiger partial charge < -0.3 is 14.8 Å². The van der Waals surface area contributed by atoms with Crippen LogP contribution in [0.5, 0.6) is 11.5 Å². The smallest absolute Gasteiger partial charge is 0.223 e. The second kappa shape index (κ2) is 7.91. The average Bonchev–Trinajstić information content (AvgIpc) is 2.67. The maximum absolute atomic E-state index is 12.9. The number of amides is 1. The molecule has 0 unspecified atom stereocenters. The van der Waals surface area contributed by atoms with Crippen molar-refractivity contribution in [2.45, 2.75) is 51.7 Å². The highest BCUT2D eigenvalue weighted by Crippen LogP contribution is 2.41. The van der Waals surface area contributed by atoms with Gasteiger partial charge in [-0.15, -0.1) is 0 Å². The summed E-state index contributed by atoms with van der Waals surface area (Å²) < 4.78 is 36.9. The van der Waals surface area contributed by atoms with Crippen LogP contribution >= 0.6 is 0 Å². The molecular weight excluding hydrogens is 380 g/mol. The first-order valence-corrected chi connectivity index (χ1v) is 11.4. The van der Waals surface area contributed by atoms with E-state index < -0.39 is 15.6 Å². The van der Waals surface area contributed by atoms with E-state index >= 15 is 0 Å². The van der Waals surface area contributed by atoms with E-state index in [1.54, 1.807) is 14.0 Å². The van der Waals surface area contributed by atoms with Crippen LogP contribution in [0.1, 0.15) is 51.6 Å². The van der Waals surface area contributed by atoms with Crippen molar-refractivity contribution in [2.75, 3.05) is 26.0 Å². The van der Waals surface area contributed by atoms with Gasteiger partial charge in [0.05, 0.1) is 18.9 Å². The molecule has 0 spiro atoms. The number of hydrogen-bond donors (Lipinski definition) is 1. The van der Waals surface area contributed by atoms with E-state index in [-0.39, 0.29) is 23.6 Å². The molecule has 3 rings (SSSR count). The van der Waals surface area contributed by atoms with Gasteiger partial charge in [-0.3, -0.25) is 4.79 Å². The van der Waals surface area contributed by atoms with E-state index in [0.29, 0.717) is 32.4 Å². The van der Waals surface area contributed by atoms with Gasteiger partial charge in [-0.2, -0.15) is 0 Å². The first kappa shape index (κ1) is 20.9. The third-order valence-corrected chi connectivity index (χ3v) is 7.46. The summed E-state index contributed by atoms with van der Waals surface area (Å²) in [4.78, 5) is 12.9. The van der Waals surface area contributed by atoms with Gasteiger partial charge in [0.1, 0.15) is 17.1 Å². The Kier molecular flexibility index (Phi) is 5.91. The number of sulfonamides is 1. The van der Waals surface area contributed by atoms with Gasteiger partial charge in [-0.05, 0) is 51.8 Å². The van der Waals surface area contributed by atoms with Crippen LogP contribution in [-0.4, -0.2) is 50.2 Å². The Morgan fingerprint density at radius 1 is 1.32 bits per heavy atom. The lowest BCUT2D eigenvalue weighted by atomic mass is 9.88. The van der Waals surface area contributed by atoms with Gasteiger partial charge in [0.2, 0.25) is 15.9 Å². The number of carbonyl (C=O) groups is 1. The lowest BCUT2D eigenvalue weighted by molar-refractivity contribution is -0.127. The monoisotopic (exact) mass is 410 g/mol. The molecule has 1 aromatic carbocycles. The Balaban J connectivity index is 1.71.